The molecule has 0 saturated carbocycles. The maximum atomic E-state index is 12.6. The number of carbonyl (C=O) groups excluding carboxylic acids is 1. The zero-order valence-corrected chi connectivity index (χ0v) is 14.0. The molecule has 0 heterocycles. The standard InChI is InChI=1S/C18H21O2P.Li.H/c1-5-20-15-9-10-16(14(4)11-15)21-18(19)17-12(2)7-6-8-13(17)3;;/h6-11,21H,5H2,1-4H3;;. The Bertz CT molecular complexity index is 648. The van der Waals surface area contributed by atoms with Crippen LogP contribution in [0.15, 0.2) is 36.4 Å². The topological polar surface area (TPSA) is 26.3 Å². The first-order valence-electron chi connectivity index (χ1n) is 7.14. The molecule has 112 valence electrons. The average molecular weight is 308 g/mol. The Balaban J connectivity index is 0.00000242. The minimum atomic E-state index is 0. The van der Waals surface area contributed by atoms with Crippen LogP contribution < -0.4 is 10.0 Å². The summed E-state index contributed by atoms with van der Waals surface area (Å²) in [5, 5.41) is 1.09. The summed E-state index contributed by atoms with van der Waals surface area (Å²) in [6, 6.07) is 11.9. The Kier molecular flexibility index (Phi) is 7.37. The van der Waals surface area contributed by atoms with Crippen LogP contribution in [0.3, 0.4) is 0 Å². The summed E-state index contributed by atoms with van der Waals surface area (Å²) in [5.41, 5.74) is 4.29. The molecule has 0 N–H and O–H groups in total. The first kappa shape index (κ1) is 19.0. The number of carbonyl (C=O) groups is 1. The van der Waals surface area contributed by atoms with Gasteiger partial charge in [0.05, 0.1) is 6.61 Å². The van der Waals surface area contributed by atoms with Crippen molar-refractivity contribution in [2.45, 2.75) is 27.7 Å². The predicted octanol–water partition coefficient (Wildman–Crippen LogP) is 3.51. The summed E-state index contributed by atoms with van der Waals surface area (Å²) in [6.07, 6.45) is 0. The summed E-state index contributed by atoms with van der Waals surface area (Å²) in [6.45, 7) is 8.65. The molecule has 22 heavy (non-hydrogen) atoms. The molecule has 2 nitrogen and oxygen atoms in total. The Labute approximate surface area is 146 Å². The van der Waals surface area contributed by atoms with Gasteiger partial charge in [0, 0.05) is 5.56 Å². The third-order valence-electron chi connectivity index (χ3n) is 3.47. The summed E-state index contributed by atoms with van der Waals surface area (Å²) in [5.74, 6) is 0.864. The van der Waals surface area contributed by atoms with Gasteiger partial charge in [0.25, 0.3) is 0 Å². The number of rotatable bonds is 5. The van der Waals surface area contributed by atoms with E-state index in [-0.39, 0.29) is 33.0 Å². The molecule has 0 aromatic heterocycles. The van der Waals surface area contributed by atoms with E-state index in [9.17, 15) is 4.79 Å². The zero-order chi connectivity index (χ0) is 15.4. The Hall–Kier alpha value is -1.06. The number of aryl methyl sites for hydroxylation is 3. The molecule has 0 radical (unpaired) electrons. The van der Waals surface area contributed by atoms with Crippen LogP contribution in [-0.2, 0) is 0 Å². The molecule has 0 spiro atoms. The fourth-order valence-corrected chi connectivity index (χ4v) is 3.59. The van der Waals surface area contributed by atoms with Gasteiger partial charge in [-0.15, -0.1) is 0 Å². The molecule has 2 rings (SSSR count). The van der Waals surface area contributed by atoms with E-state index in [2.05, 4.69) is 0 Å². The molecule has 4 heteroatoms. The molecule has 0 aliphatic carbocycles. The van der Waals surface area contributed by atoms with E-state index >= 15 is 0 Å². The van der Waals surface area contributed by atoms with Crippen LogP contribution in [0.2, 0.25) is 0 Å². The van der Waals surface area contributed by atoms with Gasteiger partial charge >= 0.3 is 18.9 Å². The quantitative estimate of drug-likeness (QED) is 0.624. The molecule has 2 aromatic rings. The van der Waals surface area contributed by atoms with E-state index in [1.165, 1.54) is 0 Å². The normalized spacial score (nSPS) is 10.5. The molecule has 1 unspecified atom stereocenters. The van der Waals surface area contributed by atoms with Gasteiger partial charge in [0.15, 0.2) is 5.52 Å². The Morgan fingerprint density at radius 2 is 1.68 bits per heavy atom. The van der Waals surface area contributed by atoms with Crippen LogP contribution >= 0.6 is 8.58 Å². The second-order valence-electron chi connectivity index (χ2n) is 5.13. The number of benzene rings is 2. The number of ether oxygens (including phenoxy) is 1. The van der Waals surface area contributed by atoms with Crippen molar-refractivity contribution in [2.75, 3.05) is 6.61 Å². The van der Waals surface area contributed by atoms with Crippen LogP contribution in [-0.4, -0.2) is 31.0 Å². The Morgan fingerprint density at radius 3 is 2.23 bits per heavy atom. The van der Waals surface area contributed by atoms with Crippen molar-refractivity contribution in [1.29, 1.82) is 0 Å². The van der Waals surface area contributed by atoms with Crippen LogP contribution in [0, 0.1) is 20.8 Å². The predicted molar refractivity (Wildman–Crippen MR) is 97.7 cm³/mol. The first-order chi connectivity index (χ1) is 10.0. The van der Waals surface area contributed by atoms with E-state index in [1.807, 2.05) is 64.1 Å². The molecule has 0 aliphatic heterocycles. The zero-order valence-electron chi connectivity index (χ0n) is 13.0. The first-order valence-corrected chi connectivity index (χ1v) is 8.14. The van der Waals surface area contributed by atoms with Gasteiger partial charge in [-0.1, -0.05) is 24.3 Å². The summed E-state index contributed by atoms with van der Waals surface area (Å²) in [7, 11) is 0.151. The Morgan fingerprint density at radius 1 is 1.05 bits per heavy atom. The molecule has 0 saturated heterocycles. The second kappa shape index (κ2) is 8.54. The summed E-state index contributed by atoms with van der Waals surface area (Å²) >= 11 is 0. The molecule has 0 amide bonds. The van der Waals surface area contributed by atoms with Gasteiger partial charge < -0.3 is 4.74 Å². The van der Waals surface area contributed by atoms with E-state index in [0.717, 1.165) is 33.3 Å². The van der Waals surface area contributed by atoms with E-state index < -0.39 is 0 Å². The molecule has 0 fully saturated rings. The van der Waals surface area contributed by atoms with Crippen molar-refractivity contribution < 1.29 is 9.53 Å². The summed E-state index contributed by atoms with van der Waals surface area (Å²) in [4.78, 5) is 12.6. The molecule has 2 aromatic carbocycles. The van der Waals surface area contributed by atoms with Crippen molar-refractivity contribution in [3.05, 3.63) is 58.7 Å². The molecular formula is C18H22LiO2P. The fourth-order valence-electron chi connectivity index (χ4n) is 2.39. The van der Waals surface area contributed by atoms with Crippen molar-refractivity contribution in [3.8, 4) is 5.75 Å². The fraction of sp³-hybridized carbons (Fsp3) is 0.278. The van der Waals surface area contributed by atoms with Crippen molar-refractivity contribution >= 4 is 38.3 Å². The van der Waals surface area contributed by atoms with Gasteiger partial charge in [0.2, 0.25) is 0 Å². The van der Waals surface area contributed by atoms with Crippen LogP contribution in [0.4, 0.5) is 0 Å². The second-order valence-corrected chi connectivity index (χ2v) is 6.37. The van der Waals surface area contributed by atoms with Crippen molar-refractivity contribution in [2.24, 2.45) is 0 Å². The van der Waals surface area contributed by atoms with Gasteiger partial charge in [-0.25, -0.2) is 0 Å². The van der Waals surface area contributed by atoms with Gasteiger partial charge in [0.1, 0.15) is 5.75 Å². The number of hydrogen-bond acceptors (Lipinski definition) is 2. The van der Waals surface area contributed by atoms with Crippen molar-refractivity contribution in [3.63, 3.8) is 0 Å². The monoisotopic (exact) mass is 308 g/mol. The van der Waals surface area contributed by atoms with E-state index in [1.54, 1.807) is 0 Å². The molecular weight excluding hydrogens is 286 g/mol. The van der Waals surface area contributed by atoms with Crippen LogP contribution in [0.1, 0.15) is 34.0 Å². The third kappa shape index (κ3) is 4.47. The molecule has 1 atom stereocenters. The minimum absolute atomic E-state index is 0. The SMILES string of the molecule is CCOc1ccc(PC(=O)c2c(C)cccc2C)c(C)c1.[LiH]. The average Bonchev–Trinajstić information content (AvgIpc) is 2.42. The van der Waals surface area contributed by atoms with Crippen LogP contribution in [0.5, 0.6) is 5.75 Å². The number of hydrogen-bond donors (Lipinski definition) is 0. The van der Waals surface area contributed by atoms with Crippen molar-refractivity contribution in [1.82, 2.24) is 0 Å². The van der Waals surface area contributed by atoms with Gasteiger partial charge in [-0.2, -0.15) is 0 Å². The van der Waals surface area contributed by atoms with E-state index in [4.69, 9.17) is 4.74 Å². The van der Waals surface area contributed by atoms with E-state index in [0.29, 0.717) is 6.61 Å². The van der Waals surface area contributed by atoms with Crippen LogP contribution in [0.25, 0.3) is 0 Å². The van der Waals surface area contributed by atoms with Gasteiger partial charge in [-0.05, 0) is 70.4 Å². The third-order valence-corrected chi connectivity index (χ3v) is 4.77. The molecule has 0 aliphatic rings. The molecule has 0 bridgehead atoms. The van der Waals surface area contributed by atoms with Gasteiger partial charge in [-0.3, -0.25) is 4.79 Å². The maximum absolute atomic E-state index is 12.6. The summed E-state index contributed by atoms with van der Waals surface area (Å²) < 4.78 is 5.49.